The lowest BCUT2D eigenvalue weighted by molar-refractivity contribution is -0.124. The molecule has 1 aliphatic rings. The summed E-state index contributed by atoms with van der Waals surface area (Å²) in [5, 5.41) is 12.1. The van der Waals surface area contributed by atoms with Gasteiger partial charge in [0.2, 0.25) is 5.91 Å². The van der Waals surface area contributed by atoms with Crippen molar-refractivity contribution in [3.05, 3.63) is 41.8 Å². The van der Waals surface area contributed by atoms with Crippen LogP contribution in [0.3, 0.4) is 0 Å². The molecule has 0 spiro atoms. The summed E-state index contributed by atoms with van der Waals surface area (Å²) in [6.45, 7) is 0.674. The van der Waals surface area contributed by atoms with Crippen molar-refractivity contribution in [2.75, 3.05) is 13.1 Å². The standard InChI is InChI=1S/C18H21FN4O2/c19-15-8-4-3-7-13(15)16-14(11-22-23-16)18(25)21-10-9-20-17(24)12-5-1-2-6-12/h3-4,7-8,11-12H,1-2,5-6,9-10H2,(H,20,24)(H,21,25)(H,22,23). The van der Waals surface area contributed by atoms with Crippen molar-refractivity contribution in [3.63, 3.8) is 0 Å². The average Bonchev–Trinajstić information content (AvgIpc) is 3.30. The van der Waals surface area contributed by atoms with Crippen LogP contribution in [0.15, 0.2) is 30.5 Å². The van der Waals surface area contributed by atoms with E-state index in [1.165, 1.54) is 12.3 Å². The summed E-state index contributed by atoms with van der Waals surface area (Å²) in [5.41, 5.74) is 0.900. The second kappa shape index (κ2) is 7.92. The van der Waals surface area contributed by atoms with Crippen LogP contribution in [0.4, 0.5) is 4.39 Å². The van der Waals surface area contributed by atoms with E-state index in [9.17, 15) is 14.0 Å². The molecule has 1 saturated carbocycles. The number of nitrogens with zero attached hydrogens (tertiary/aromatic N) is 1. The van der Waals surface area contributed by atoms with E-state index in [1.54, 1.807) is 18.2 Å². The van der Waals surface area contributed by atoms with E-state index in [0.29, 0.717) is 24.3 Å². The predicted molar refractivity (Wildman–Crippen MR) is 91.3 cm³/mol. The van der Waals surface area contributed by atoms with Crippen LogP contribution in [0.25, 0.3) is 11.3 Å². The van der Waals surface area contributed by atoms with E-state index >= 15 is 0 Å². The zero-order valence-corrected chi connectivity index (χ0v) is 13.8. The molecule has 0 atom stereocenters. The van der Waals surface area contributed by atoms with Crippen molar-refractivity contribution in [2.24, 2.45) is 5.92 Å². The topological polar surface area (TPSA) is 86.9 Å². The molecule has 7 heteroatoms. The van der Waals surface area contributed by atoms with Gasteiger partial charge in [-0.2, -0.15) is 5.10 Å². The zero-order chi connectivity index (χ0) is 17.6. The Morgan fingerprint density at radius 3 is 2.64 bits per heavy atom. The Morgan fingerprint density at radius 2 is 1.88 bits per heavy atom. The number of nitrogens with one attached hydrogen (secondary N) is 3. The Balaban J connectivity index is 1.53. The third kappa shape index (κ3) is 4.04. The van der Waals surface area contributed by atoms with Crippen LogP contribution >= 0.6 is 0 Å². The maximum atomic E-state index is 13.9. The van der Waals surface area contributed by atoms with Crippen molar-refractivity contribution in [2.45, 2.75) is 25.7 Å². The molecule has 132 valence electrons. The Labute approximate surface area is 145 Å². The number of benzene rings is 1. The van der Waals surface area contributed by atoms with Crippen LogP contribution in [-0.2, 0) is 4.79 Å². The Morgan fingerprint density at radius 1 is 1.16 bits per heavy atom. The number of hydrogen-bond acceptors (Lipinski definition) is 3. The number of aromatic nitrogens is 2. The number of rotatable bonds is 6. The average molecular weight is 344 g/mol. The third-order valence-electron chi connectivity index (χ3n) is 4.46. The summed E-state index contributed by atoms with van der Waals surface area (Å²) in [7, 11) is 0. The summed E-state index contributed by atoms with van der Waals surface area (Å²) in [4.78, 5) is 24.2. The molecule has 0 saturated heterocycles. The van der Waals surface area contributed by atoms with Gasteiger partial charge in [-0.25, -0.2) is 4.39 Å². The van der Waals surface area contributed by atoms with Gasteiger partial charge in [-0.3, -0.25) is 14.7 Å². The van der Waals surface area contributed by atoms with Crippen molar-refractivity contribution in [1.29, 1.82) is 0 Å². The minimum Gasteiger partial charge on any atom is -0.354 e. The number of amides is 2. The largest absolute Gasteiger partial charge is 0.354 e. The molecule has 1 fully saturated rings. The van der Waals surface area contributed by atoms with E-state index < -0.39 is 5.82 Å². The van der Waals surface area contributed by atoms with Gasteiger partial charge in [0.05, 0.1) is 17.5 Å². The molecule has 1 aromatic heterocycles. The Bertz CT molecular complexity index is 753. The molecule has 0 aliphatic heterocycles. The normalized spacial score (nSPS) is 14.4. The van der Waals surface area contributed by atoms with E-state index in [-0.39, 0.29) is 23.3 Å². The molecule has 1 aromatic carbocycles. The highest BCUT2D eigenvalue weighted by Gasteiger charge is 2.22. The second-order valence-electron chi connectivity index (χ2n) is 6.17. The minimum atomic E-state index is -0.426. The van der Waals surface area contributed by atoms with E-state index in [4.69, 9.17) is 0 Å². The lowest BCUT2D eigenvalue weighted by atomic mass is 10.1. The van der Waals surface area contributed by atoms with Gasteiger partial charge in [-0.05, 0) is 25.0 Å². The first-order chi connectivity index (χ1) is 12.2. The van der Waals surface area contributed by atoms with E-state index in [0.717, 1.165) is 25.7 Å². The number of hydrogen-bond donors (Lipinski definition) is 3. The number of aromatic amines is 1. The first kappa shape index (κ1) is 17.1. The van der Waals surface area contributed by atoms with Crippen molar-refractivity contribution < 1.29 is 14.0 Å². The second-order valence-corrected chi connectivity index (χ2v) is 6.17. The molecule has 6 nitrogen and oxygen atoms in total. The number of H-pyrrole nitrogens is 1. The smallest absolute Gasteiger partial charge is 0.255 e. The van der Waals surface area contributed by atoms with Crippen molar-refractivity contribution in [3.8, 4) is 11.3 Å². The molecular formula is C18H21FN4O2. The highest BCUT2D eigenvalue weighted by molar-refractivity contribution is 5.99. The van der Waals surface area contributed by atoms with Gasteiger partial charge in [0, 0.05) is 24.6 Å². The molecule has 1 heterocycles. The van der Waals surface area contributed by atoms with Crippen LogP contribution in [0, 0.1) is 11.7 Å². The third-order valence-corrected chi connectivity index (χ3v) is 4.46. The fourth-order valence-electron chi connectivity index (χ4n) is 3.12. The first-order valence-corrected chi connectivity index (χ1v) is 8.51. The summed E-state index contributed by atoms with van der Waals surface area (Å²) in [6.07, 6.45) is 5.47. The lowest BCUT2D eigenvalue weighted by Crippen LogP contribution is -2.37. The maximum absolute atomic E-state index is 13.9. The molecule has 0 bridgehead atoms. The summed E-state index contributed by atoms with van der Waals surface area (Å²) in [5.74, 6) is -0.619. The van der Waals surface area contributed by atoms with Crippen molar-refractivity contribution >= 4 is 11.8 Å². The quantitative estimate of drug-likeness (QED) is 0.703. The van der Waals surface area contributed by atoms with E-state index in [2.05, 4.69) is 20.8 Å². The van der Waals surface area contributed by atoms with Gasteiger partial charge in [-0.15, -0.1) is 0 Å². The highest BCUT2D eigenvalue weighted by atomic mass is 19.1. The fourth-order valence-corrected chi connectivity index (χ4v) is 3.12. The summed E-state index contributed by atoms with van der Waals surface area (Å²) in [6, 6.07) is 6.19. The van der Waals surface area contributed by atoms with Gasteiger partial charge in [0.25, 0.3) is 5.91 Å². The van der Waals surface area contributed by atoms with Crippen LogP contribution in [-0.4, -0.2) is 35.1 Å². The Kier molecular flexibility index (Phi) is 5.42. The lowest BCUT2D eigenvalue weighted by Gasteiger charge is -2.11. The van der Waals surface area contributed by atoms with Gasteiger partial charge in [0.15, 0.2) is 0 Å². The van der Waals surface area contributed by atoms with Crippen LogP contribution < -0.4 is 10.6 Å². The minimum absolute atomic E-state index is 0.0575. The zero-order valence-electron chi connectivity index (χ0n) is 13.8. The molecule has 2 aromatic rings. The molecular weight excluding hydrogens is 323 g/mol. The Hall–Kier alpha value is -2.70. The van der Waals surface area contributed by atoms with Crippen LogP contribution in [0.1, 0.15) is 36.0 Å². The number of carbonyl (C=O) groups is 2. The molecule has 0 unspecified atom stereocenters. The molecule has 1 aliphatic carbocycles. The monoisotopic (exact) mass is 344 g/mol. The van der Waals surface area contributed by atoms with Crippen LogP contribution in [0.5, 0.6) is 0 Å². The van der Waals surface area contributed by atoms with Crippen molar-refractivity contribution in [1.82, 2.24) is 20.8 Å². The molecule has 3 N–H and O–H groups in total. The first-order valence-electron chi connectivity index (χ1n) is 8.51. The van der Waals surface area contributed by atoms with Gasteiger partial charge in [-0.1, -0.05) is 25.0 Å². The SMILES string of the molecule is O=C(NCCNC(=O)C1CCCC1)c1cn[nH]c1-c1ccccc1F. The highest BCUT2D eigenvalue weighted by Crippen LogP contribution is 2.25. The summed E-state index contributed by atoms with van der Waals surface area (Å²) < 4.78 is 13.9. The van der Waals surface area contributed by atoms with Gasteiger partial charge in [0.1, 0.15) is 5.82 Å². The van der Waals surface area contributed by atoms with Gasteiger partial charge < -0.3 is 10.6 Å². The number of carbonyl (C=O) groups excluding carboxylic acids is 2. The van der Waals surface area contributed by atoms with E-state index in [1.807, 2.05) is 0 Å². The molecule has 2 amide bonds. The maximum Gasteiger partial charge on any atom is 0.255 e. The molecule has 25 heavy (non-hydrogen) atoms. The van der Waals surface area contributed by atoms with Crippen LogP contribution in [0.2, 0.25) is 0 Å². The molecule has 3 rings (SSSR count). The predicted octanol–water partition coefficient (Wildman–Crippen LogP) is 2.25. The van der Waals surface area contributed by atoms with Gasteiger partial charge >= 0.3 is 0 Å². The summed E-state index contributed by atoms with van der Waals surface area (Å²) >= 11 is 0. The molecule has 0 radical (unpaired) electrons. The number of halogens is 1. The fraction of sp³-hybridized carbons (Fsp3) is 0.389.